The summed E-state index contributed by atoms with van der Waals surface area (Å²) in [5, 5.41) is 12.0. The lowest BCUT2D eigenvalue weighted by Crippen LogP contribution is -2.19. The number of nitrogens with zero attached hydrogens (tertiary/aromatic N) is 4. The third-order valence-electron chi connectivity index (χ3n) is 3.28. The summed E-state index contributed by atoms with van der Waals surface area (Å²) in [7, 11) is 0. The van der Waals surface area contributed by atoms with Crippen molar-refractivity contribution in [2.45, 2.75) is 20.0 Å². The highest BCUT2D eigenvalue weighted by Gasteiger charge is 2.07. The lowest BCUT2D eigenvalue weighted by molar-refractivity contribution is -0.116. The fourth-order valence-electron chi connectivity index (χ4n) is 2.20. The van der Waals surface area contributed by atoms with Crippen LogP contribution >= 0.6 is 11.6 Å². The van der Waals surface area contributed by atoms with Crippen molar-refractivity contribution < 1.29 is 4.79 Å². The first-order valence-corrected chi connectivity index (χ1v) is 7.55. The van der Waals surface area contributed by atoms with Crippen LogP contribution in [0.3, 0.4) is 0 Å². The molecular formula is C16H16ClN5O. The third kappa shape index (κ3) is 3.98. The van der Waals surface area contributed by atoms with Crippen molar-refractivity contribution in [3.8, 4) is 0 Å². The minimum absolute atomic E-state index is 0.158. The Morgan fingerprint density at radius 3 is 2.65 bits per heavy atom. The Hall–Kier alpha value is -2.60. The van der Waals surface area contributed by atoms with E-state index in [1.807, 2.05) is 37.3 Å². The van der Waals surface area contributed by atoms with E-state index in [2.05, 4.69) is 15.5 Å². The van der Waals surface area contributed by atoms with E-state index >= 15 is 0 Å². The summed E-state index contributed by atoms with van der Waals surface area (Å²) in [4.78, 5) is 12.0. The molecule has 0 bridgehead atoms. The van der Waals surface area contributed by atoms with Crippen molar-refractivity contribution >= 4 is 23.3 Å². The minimum Gasteiger partial charge on any atom is -0.308 e. The minimum atomic E-state index is -0.170. The van der Waals surface area contributed by atoms with Gasteiger partial charge in [-0.15, -0.1) is 0 Å². The molecule has 0 spiro atoms. The Morgan fingerprint density at radius 1 is 1.13 bits per heavy atom. The number of hydrogen-bond acceptors (Lipinski definition) is 3. The van der Waals surface area contributed by atoms with E-state index in [4.69, 9.17) is 11.6 Å². The van der Waals surface area contributed by atoms with E-state index < -0.39 is 0 Å². The standard InChI is InChI=1S/C16H16ClN5O/c1-12-6-8-22(19-12)11-16(23)18-15-7-9-21(20-15)10-13-4-2-3-5-14(13)17/h2-9H,10-11H2,1H3,(H,18,20,23). The van der Waals surface area contributed by atoms with Gasteiger partial charge in [0.1, 0.15) is 6.54 Å². The van der Waals surface area contributed by atoms with E-state index in [0.29, 0.717) is 17.4 Å². The number of aromatic nitrogens is 4. The van der Waals surface area contributed by atoms with Gasteiger partial charge in [-0.1, -0.05) is 29.8 Å². The molecule has 0 aliphatic carbocycles. The van der Waals surface area contributed by atoms with Crippen LogP contribution in [0.25, 0.3) is 0 Å². The van der Waals surface area contributed by atoms with Gasteiger partial charge in [-0.3, -0.25) is 14.2 Å². The maximum atomic E-state index is 12.0. The fraction of sp³-hybridized carbons (Fsp3) is 0.188. The number of rotatable bonds is 5. The van der Waals surface area contributed by atoms with Crippen LogP contribution < -0.4 is 5.32 Å². The summed E-state index contributed by atoms with van der Waals surface area (Å²) in [6.07, 6.45) is 3.57. The summed E-state index contributed by atoms with van der Waals surface area (Å²) in [5.41, 5.74) is 1.85. The highest BCUT2D eigenvalue weighted by Crippen LogP contribution is 2.16. The normalized spacial score (nSPS) is 10.7. The maximum Gasteiger partial charge on any atom is 0.247 e. The van der Waals surface area contributed by atoms with Crippen molar-refractivity contribution in [2.24, 2.45) is 0 Å². The predicted molar refractivity (Wildman–Crippen MR) is 88.4 cm³/mol. The van der Waals surface area contributed by atoms with Gasteiger partial charge in [0.15, 0.2) is 5.82 Å². The van der Waals surface area contributed by atoms with Gasteiger partial charge in [0.2, 0.25) is 5.91 Å². The molecule has 1 aromatic carbocycles. The summed E-state index contributed by atoms with van der Waals surface area (Å²) in [5.74, 6) is 0.335. The summed E-state index contributed by atoms with van der Waals surface area (Å²) < 4.78 is 3.32. The molecule has 7 heteroatoms. The van der Waals surface area contributed by atoms with Crippen LogP contribution in [0, 0.1) is 6.92 Å². The van der Waals surface area contributed by atoms with Gasteiger partial charge in [0.25, 0.3) is 0 Å². The fourth-order valence-corrected chi connectivity index (χ4v) is 2.39. The maximum absolute atomic E-state index is 12.0. The van der Waals surface area contributed by atoms with Gasteiger partial charge in [-0.25, -0.2) is 0 Å². The van der Waals surface area contributed by atoms with Crippen LogP contribution in [0.4, 0.5) is 5.82 Å². The molecule has 0 saturated carbocycles. The molecule has 0 aliphatic rings. The van der Waals surface area contributed by atoms with Crippen LogP contribution in [-0.4, -0.2) is 25.5 Å². The zero-order valence-corrected chi connectivity index (χ0v) is 13.4. The molecule has 2 heterocycles. The summed E-state index contributed by atoms with van der Waals surface area (Å²) in [6, 6.07) is 11.2. The first kappa shape index (κ1) is 15.3. The van der Waals surface area contributed by atoms with E-state index in [9.17, 15) is 4.79 Å². The second kappa shape index (κ2) is 6.66. The molecule has 2 aromatic heterocycles. The van der Waals surface area contributed by atoms with E-state index in [1.54, 1.807) is 27.8 Å². The number of carbonyl (C=O) groups excluding carboxylic acids is 1. The number of amides is 1. The van der Waals surface area contributed by atoms with Crippen LogP contribution in [-0.2, 0) is 17.9 Å². The first-order valence-electron chi connectivity index (χ1n) is 7.17. The van der Waals surface area contributed by atoms with Crippen LogP contribution in [0.15, 0.2) is 48.8 Å². The molecule has 0 radical (unpaired) electrons. The zero-order chi connectivity index (χ0) is 16.2. The Morgan fingerprint density at radius 2 is 1.91 bits per heavy atom. The molecule has 0 atom stereocenters. The second-order valence-electron chi connectivity index (χ2n) is 5.19. The highest BCUT2D eigenvalue weighted by molar-refractivity contribution is 6.31. The molecule has 23 heavy (non-hydrogen) atoms. The molecule has 0 saturated heterocycles. The zero-order valence-electron chi connectivity index (χ0n) is 12.6. The SMILES string of the molecule is Cc1ccn(CC(=O)Nc2ccn(Cc3ccccc3Cl)n2)n1. The van der Waals surface area contributed by atoms with Gasteiger partial charge in [0, 0.05) is 23.5 Å². The van der Waals surface area contributed by atoms with Gasteiger partial charge in [-0.05, 0) is 24.6 Å². The average molecular weight is 330 g/mol. The Kier molecular flexibility index (Phi) is 4.43. The van der Waals surface area contributed by atoms with Crippen molar-refractivity contribution in [3.63, 3.8) is 0 Å². The van der Waals surface area contributed by atoms with Gasteiger partial charge >= 0.3 is 0 Å². The summed E-state index contributed by atoms with van der Waals surface area (Å²) >= 11 is 6.14. The predicted octanol–water partition coefficient (Wildman–Crippen LogP) is 2.73. The number of aryl methyl sites for hydroxylation is 1. The van der Waals surface area contributed by atoms with Crippen LogP contribution in [0.2, 0.25) is 5.02 Å². The van der Waals surface area contributed by atoms with Crippen molar-refractivity contribution in [3.05, 3.63) is 65.1 Å². The Balaban J connectivity index is 1.61. The largest absolute Gasteiger partial charge is 0.308 e. The smallest absolute Gasteiger partial charge is 0.247 e. The number of benzene rings is 1. The van der Waals surface area contributed by atoms with Crippen molar-refractivity contribution in [2.75, 3.05) is 5.32 Å². The third-order valence-corrected chi connectivity index (χ3v) is 3.65. The molecule has 0 fully saturated rings. The molecule has 0 aliphatic heterocycles. The average Bonchev–Trinajstić information content (AvgIpc) is 3.11. The number of hydrogen-bond donors (Lipinski definition) is 1. The van der Waals surface area contributed by atoms with E-state index in [1.165, 1.54) is 0 Å². The molecule has 118 valence electrons. The lowest BCUT2D eigenvalue weighted by atomic mass is 10.2. The Bertz CT molecular complexity index is 823. The molecule has 1 N–H and O–H groups in total. The molecule has 3 aromatic rings. The molecule has 1 amide bonds. The number of halogens is 1. The van der Waals surface area contributed by atoms with Crippen molar-refractivity contribution in [1.82, 2.24) is 19.6 Å². The monoisotopic (exact) mass is 329 g/mol. The van der Waals surface area contributed by atoms with Gasteiger partial charge in [-0.2, -0.15) is 10.2 Å². The molecule has 3 rings (SSSR count). The molecule has 6 nitrogen and oxygen atoms in total. The van der Waals surface area contributed by atoms with Gasteiger partial charge < -0.3 is 5.32 Å². The van der Waals surface area contributed by atoms with E-state index in [-0.39, 0.29) is 12.5 Å². The van der Waals surface area contributed by atoms with E-state index in [0.717, 1.165) is 11.3 Å². The summed E-state index contributed by atoms with van der Waals surface area (Å²) in [6.45, 7) is 2.59. The lowest BCUT2D eigenvalue weighted by Gasteiger charge is -2.05. The number of carbonyl (C=O) groups is 1. The van der Waals surface area contributed by atoms with Crippen molar-refractivity contribution in [1.29, 1.82) is 0 Å². The van der Waals surface area contributed by atoms with Crippen LogP contribution in [0.1, 0.15) is 11.3 Å². The quantitative estimate of drug-likeness (QED) is 0.782. The number of nitrogens with one attached hydrogen (secondary N) is 1. The number of anilines is 1. The molecule has 0 unspecified atom stereocenters. The molecular weight excluding hydrogens is 314 g/mol. The second-order valence-corrected chi connectivity index (χ2v) is 5.60. The highest BCUT2D eigenvalue weighted by atomic mass is 35.5. The first-order chi connectivity index (χ1) is 11.1. The van der Waals surface area contributed by atoms with Crippen LogP contribution in [0.5, 0.6) is 0 Å². The topological polar surface area (TPSA) is 64.7 Å². The van der Waals surface area contributed by atoms with Gasteiger partial charge in [0.05, 0.1) is 12.2 Å². The Labute approximate surface area is 138 Å².